The molecule has 20 heavy (non-hydrogen) atoms. The van der Waals surface area contributed by atoms with E-state index in [1.165, 1.54) is 0 Å². The molecule has 0 N–H and O–H groups in total. The van der Waals surface area contributed by atoms with Gasteiger partial charge < -0.3 is 9.47 Å². The van der Waals surface area contributed by atoms with E-state index in [9.17, 15) is 9.59 Å². The quantitative estimate of drug-likeness (QED) is 0.794. The zero-order chi connectivity index (χ0) is 14.5. The highest BCUT2D eigenvalue weighted by Crippen LogP contribution is 2.26. The standard InChI is InChI=1S/C14H17NO4S/c1-3-18-13(16)10-7-9-8-20-6-5-11(9)15-12(10)14(17)19-4-2/h7H,3-6,8H2,1-2H3. The largest absolute Gasteiger partial charge is 0.462 e. The number of aryl methyl sites for hydroxylation is 1. The van der Waals surface area contributed by atoms with E-state index in [0.717, 1.165) is 29.2 Å². The Bertz CT molecular complexity index is 483. The van der Waals surface area contributed by atoms with Crippen LogP contribution in [0, 0.1) is 0 Å². The van der Waals surface area contributed by atoms with Crippen molar-refractivity contribution in [1.29, 1.82) is 0 Å². The van der Waals surface area contributed by atoms with Gasteiger partial charge in [0.25, 0.3) is 0 Å². The second-order valence-corrected chi connectivity index (χ2v) is 5.34. The smallest absolute Gasteiger partial charge is 0.357 e. The lowest BCUT2D eigenvalue weighted by molar-refractivity contribution is 0.0473. The van der Waals surface area contributed by atoms with Gasteiger partial charge in [0.15, 0.2) is 5.69 Å². The molecule has 0 spiro atoms. The van der Waals surface area contributed by atoms with Gasteiger partial charge in [-0.15, -0.1) is 0 Å². The molecule has 1 aromatic rings. The molecule has 0 fully saturated rings. The third-order valence-electron chi connectivity index (χ3n) is 2.90. The van der Waals surface area contributed by atoms with Crippen LogP contribution in [0.5, 0.6) is 0 Å². The van der Waals surface area contributed by atoms with E-state index in [1.54, 1.807) is 31.7 Å². The lowest BCUT2D eigenvalue weighted by Gasteiger charge is -2.17. The SMILES string of the molecule is CCOC(=O)c1cc2c(nc1C(=O)OCC)CCSC2. The molecule has 0 atom stereocenters. The van der Waals surface area contributed by atoms with Gasteiger partial charge in [0.1, 0.15) is 0 Å². The van der Waals surface area contributed by atoms with Crippen molar-refractivity contribution in [2.45, 2.75) is 26.0 Å². The van der Waals surface area contributed by atoms with Crippen molar-refractivity contribution in [3.63, 3.8) is 0 Å². The molecule has 2 rings (SSSR count). The van der Waals surface area contributed by atoms with E-state index in [2.05, 4.69) is 4.98 Å². The van der Waals surface area contributed by atoms with Crippen LogP contribution in [-0.4, -0.2) is 35.9 Å². The van der Waals surface area contributed by atoms with Gasteiger partial charge in [0.2, 0.25) is 0 Å². The lowest BCUT2D eigenvalue weighted by Crippen LogP contribution is -2.19. The zero-order valence-electron chi connectivity index (χ0n) is 11.6. The Morgan fingerprint density at radius 2 is 1.95 bits per heavy atom. The summed E-state index contributed by atoms with van der Waals surface area (Å²) < 4.78 is 9.97. The summed E-state index contributed by atoms with van der Waals surface area (Å²) in [5.74, 6) is 0.678. The van der Waals surface area contributed by atoms with Gasteiger partial charge in [-0.1, -0.05) is 0 Å². The zero-order valence-corrected chi connectivity index (χ0v) is 12.4. The minimum atomic E-state index is -0.573. The summed E-state index contributed by atoms with van der Waals surface area (Å²) in [5.41, 5.74) is 2.14. The number of thioether (sulfide) groups is 1. The lowest BCUT2D eigenvalue weighted by atomic mass is 10.1. The average Bonchev–Trinajstić information content (AvgIpc) is 2.46. The summed E-state index contributed by atoms with van der Waals surface area (Å²) in [4.78, 5) is 28.3. The van der Waals surface area contributed by atoms with Crippen molar-refractivity contribution in [2.24, 2.45) is 0 Å². The third-order valence-corrected chi connectivity index (χ3v) is 3.90. The molecule has 0 aromatic carbocycles. The molecule has 0 saturated heterocycles. The Morgan fingerprint density at radius 3 is 2.65 bits per heavy atom. The highest BCUT2D eigenvalue weighted by molar-refractivity contribution is 7.98. The Balaban J connectivity index is 2.45. The van der Waals surface area contributed by atoms with E-state index in [1.807, 2.05) is 0 Å². The summed E-state index contributed by atoms with van der Waals surface area (Å²) >= 11 is 1.79. The number of hydrogen-bond acceptors (Lipinski definition) is 6. The highest BCUT2D eigenvalue weighted by Gasteiger charge is 2.25. The van der Waals surface area contributed by atoms with Gasteiger partial charge in [-0.05, 0) is 37.7 Å². The molecular weight excluding hydrogens is 278 g/mol. The number of nitrogens with zero attached hydrogens (tertiary/aromatic N) is 1. The van der Waals surface area contributed by atoms with Gasteiger partial charge in [0, 0.05) is 11.4 Å². The first kappa shape index (κ1) is 14.8. The number of esters is 2. The molecule has 1 aliphatic rings. The maximum atomic E-state index is 12.0. The maximum Gasteiger partial charge on any atom is 0.357 e. The van der Waals surface area contributed by atoms with Gasteiger partial charge in [-0.3, -0.25) is 0 Å². The Labute approximate surface area is 122 Å². The molecule has 0 bridgehead atoms. The number of pyridine rings is 1. The van der Waals surface area contributed by atoms with Crippen molar-refractivity contribution >= 4 is 23.7 Å². The Morgan fingerprint density at radius 1 is 1.25 bits per heavy atom. The van der Waals surface area contributed by atoms with Crippen molar-refractivity contribution in [1.82, 2.24) is 4.98 Å². The van der Waals surface area contributed by atoms with Gasteiger partial charge in [0.05, 0.1) is 18.8 Å². The number of rotatable bonds is 4. The summed E-state index contributed by atoms with van der Waals surface area (Å²) in [6.07, 6.45) is 0.801. The number of aromatic nitrogens is 1. The van der Waals surface area contributed by atoms with Gasteiger partial charge in [-0.25, -0.2) is 14.6 Å². The average molecular weight is 295 g/mol. The van der Waals surface area contributed by atoms with Gasteiger partial charge >= 0.3 is 11.9 Å². The normalized spacial score (nSPS) is 13.5. The maximum absolute atomic E-state index is 12.0. The van der Waals surface area contributed by atoms with E-state index in [4.69, 9.17) is 9.47 Å². The Kier molecular flexibility index (Phi) is 5.00. The first-order valence-corrected chi connectivity index (χ1v) is 7.77. The molecule has 1 aromatic heterocycles. The number of hydrogen-bond donors (Lipinski definition) is 0. The summed E-state index contributed by atoms with van der Waals surface area (Å²) in [6.45, 7) is 3.95. The monoisotopic (exact) mass is 295 g/mol. The summed E-state index contributed by atoms with van der Waals surface area (Å²) in [7, 11) is 0. The fourth-order valence-corrected chi connectivity index (χ4v) is 2.96. The third kappa shape index (κ3) is 3.12. The van der Waals surface area contributed by atoms with E-state index < -0.39 is 11.9 Å². The molecule has 5 nitrogen and oxygen atoms in total. The number of ether oxygens (including phenoxy) is 2. The molecule has 0 amide bonds. The highest BCUT2D eigenvalue weighted by atomic mass is 32.2. The molecule has 0 unspecified atom stereocenters. The van der Waals surface area contributed by atoms with Crippen molar-refractivity contribution in [3.05, 3.63) is 28.6 Å². The van der Waals surface area contributed by atoms with Crippen LogP contribution in [0.2, 0.25) is 0 Å². The van der Waals surface area contributed by atoms with E-state index in [0.29, 0.717) is 0 Å². The molecule has 0 radical (unpaired) electrons. The fraction of sp³-hybridized carbons (Fsp3) is 0.500. The predicted molar refractivity (Wildman–Crippen MR) is 76.0 cm³/mol. The number of carbonyl (C=O) groups excluding carboxylic acids is 2. The van der Waals surface area contributed by atoms with Crippen LogP contribution in [0.3, 0.4) is 0 Å². The molecule has 6 heteroatoms. The summed E-state index contributed by atoms with van der Waals surface area (Å²) in [6, 6.07) is 1.72. The minimum absolute atomic E-state index is 0.0657. The minimum Gasteiger partial charge on any atom is -0.462 e. The molecule has 0 aliphatic carbocycles. The first-order chi connectivity index (χ1) is 9.67. The van der Waals surface area contributed by atoms with Gasteiger partial charge in [-0.2, -0.15) is 11.8 Å². The molecule has 1 aliphatic heterocycles. The van der Waals surface area contributed by atoms with Crippen molar-refractivity contribution in [3.8, 4) is 0 Å². The van der Waals surface area contributed by atoms with Crippen molar-refractivity contribution in [2.75, 3.05) is 19.0 Å². The predicted octanol–water partition coefficient (Wildman–Crippen LogP) is 2.22. The topological polar surface area (TPSA) is 65.5 Å². The molecular formula is C14H17NO4S. The van der Waals surface area contributed by atoms with Crippen LogP contribution in [0.15, 0.2) is 6.07 Å². The molecule has 0 saturated carbocycles. The Hall–Kier alpha value is -1.56. The molecule has 108 valence electrons. The first-order valence-electron chi connectivity index (χ1n) is 6.62. The van der Waals surface area contributed by atoms with Crippen LogP contribution >= 0.6 is 11.8 Å². The van der Waals surface area contributed by atoms with Crippen LogP contribution in [0.25, 0.3) is 0 Å². The van der Waals surface area contributed by atoms with Crippen LogP contribution < -0.4 is 0 Å². The summed E-state index contributed by atoms with van der Waals surface area (Å²) in [5, 5.41) is 0. The second-order valence-electron chi connectivity index (χ2n) is 4.23. The van der Waals surface area contributed by atoms with E-state index >= 15 is 0 Å². The molecule has 2 heterocycles. The second kappa shape index (κ2) is 6.74. The fourth-order valence-electron chi connectivity index (χ4n) is 2.00. The van der Waals surface area contributed by atoms with E-state index in [-0.39, 0.29) is 24.5 Å². The van der Waals surface area contributed by atoms with Crippen LogP contribution in [0.1, 0.15) is 46.0 Å². The number of carbonyl (C=O) groups is 2. The number of fused-ring (bicyclic) bond motifs is 1. The van der Waals surface area contributed by atoms with Crippen LogP contribution in [-0.2, 0) is 21.6 Å². The van der Waals surface area contributed by atoms with Crippen molar-refractivity contribution < 1.29 is 19.1 Å². The van der Waals surface area contributed by atoms with Crippen LogP contribution in [0.4, 0.5) is 0 Å².